The zero-order chi connectivity index (χ0) is 20.3. The Morgan fingerprint density at radius 3 is 2.50 bits per heavy atom. The van der Waals surface area contributed by atoms with Gasteiger partial charge in [0.2, 0.25) is 5.91 Å². The van der Waals surface area contributed by atoms with Gasteiger partial charge < -0.3 is 9.88 Å². The second-order valence-electron chi connectivity index (χ2n) is 7.78. The van der Waals surface area contributed by atoms with Crippen LogP contribution in [-0.2, 0) is 11.2 Å². The molecule has 134 valence electrons. The van der Waals surface area contributed by atoms with E-state index in [0.29, 0.717) is 41.6 Å². The first kappa shape index (κ1) is 19.5. The van der Waals surface area contributed by atoms with Crippen LogP contribution in [0.25, 0.3) is 16.5 Å². The van der Waals surface area contributed by atoms with Gasteiger partial charge in [-0.2, -0.15) is 0 Å². The normalized spacial score (nSPS) is 21.5. The van der Waals surface area contributed by atoms with E-state index in [1.54, 1.807) is 0 Å². The van der Waals surface area contributed by atoms with Gasteiger partial charge >= 0.3 is 0 Å². The van der Waals surface area contributed by atoms with Crippen molar-refractivity contribution in [3.63, 3.8) is 0 Å². The molecule has 1 aliphatic carbocycles. The first-order valence-electron chi connectivity index (χ1n) is 9.77. The van der Waals surface area contributed by atoms with Gasteiger partial charge in [0.25, 0.3) is 0 Å². The van der Waals surface area contributed by atoms with Gasteiger partial charge in [0.05, 0.1) is 5.92 Å². The number of H-pyrrole nitrogens is 1. The number of fused-ring (bicyclic) bond motifs is 2. The van der Waals surface area contributed by atoms with E-state index in [-0.39, 0.29) is 17.9 Å². The molecule has 2 aromatic rings. The third-order valence-corrected chi connectivity index (χ3v) is 6.34. The van der Waals surface area contributed by atoms with Crippen LogP contribution in [0.15, 0.2) is 6.08 Å². The Bertz CT molecular complexity index is 1010. The number of carbonyl (C=O) groups excluding carboxylic acids is 1. The highest BCUT2D eigenvalue weighted by atomic mass is 16.2. The Balaban J connectivity index is 1.94. The highest BCUT2D eigenvalue weighted by molar-refractivity contribution is 6.61. The van der Waals surface area contributed by atoms with E-state index in [9.17, 15) is 4.79 Å². The molecule has 2 atom stereocenters. The minimum atomic E-state index is -0.220. The molecule has 1 amide bonds. The first-order valence-corrected chi connectivity index (χ1v) is 9.77. The Kier molecular flexibility index (Phi) is 4.81. The maximum atomic E-state index is 13.0. The number of amides is 1. The fourth-order valence-electron chi connectivity index (χ4n) is 4.78. The van der Waals surface area contributed by atoms with Crippen LogP contribution >= 0.6 is 0 Å². The maximum Gasteiger partial charge on any atom is 0.230 e. The molecule has 4 nitrogen and oxygen atoms in total. The van der Waals surface area contributed by atoms with Gasteiger partial charge in [-0.1, -0.05) is 17.0 Å². The molecule has 1 N–H and O–H groups in total. The van der Waals surface area contributed by atoms with Gasteiger partial charge in [0.1, 0.15) is 31.4 Å². The number of hydrogen-bond donors (Lipinski definition) is 1. The zero-order valence-electron chi connectivity index (χ0n) is 16.7. The van der Waals surface area contributed by atoms with Crippen LogP contribution in [0, 0.1) is 5.92 Å². The molecule has 0 saturated heterocycles. The average Bonchev–Trinajstić information content (AvgIpc) is 3.01. The third-order valence-electron chi connectivity index (χ3n) is 6.34. The molecule has 8 radical (unpaired) electrons. The van der Waals surface area contributed by atoms with Crippen LogP contribution in [0.3, 0.4) is 0 Å². The lowest BCUT2D eigenvalue weighted by molar-refractivity contribution is -0.134. The summed E-state index contributed by atoms with van der Waals surface area (Å²) >= 11 is 0. The number of hydrogen-bond acceptors (Lipinski definition) is 2. The fraction of sp³-hybridized carbons (Fsp3) is 0.450. The highest BCUT2D eigenvalue weighted by Crippen LogP contribution is 2.38. The first-order chi connectivity index (χ1) is 13.3. The number of likely N-dealkylation sites (N-methyl/N-ethyl adjacent to an activating group) is 1. The number of nitrogens with zero attached hydrogens (tertiary/aromatic N) is 2. The smallest absolute Gasteiger partial charge is 0.230 e. The molecule has 1 aromatic heterocycles. The molecule has 8 heteroatoms. The zero-order valence-corrected chi connectivity index (χ0v) is 16.7. The topological polar surface area (TPSA) is 39.3 Å². The van der Waals surface area contributed by atoms with E-state index in [1.165, 1.54) is 0 Å². The Hall–Kier alpha value is -1.81. The molecule has 1 unspecified atom stereocenters. The Morgan fingerprint density at radius 2 is 1.86 bits per heavy atom. The minimum absolute atomic E-state index is 0.0971. The van der Waals surface area contributed by atoms with E-state index < -0.39 is 0 Å². The van der Waals surface area contributed by atoms with Gasteiger partial charge in [-0.25, -0.2) is 0 Å². The van der Waals surface area contributed by atoms with Crippen molar-refractivity contribution in [2.45, 2.75) is 26.3 Å². The second kappa shape index (κ2) is 6.91. The number of aromatic nitrogens is 1. The number of nitrogens with one attached hydrogen (secondary N) is 1. The van der Waals surface area contributed by atoms with Crippen molar-refractivity contribution in [1.82, 2.24) is 14.8 Å². The number of aromatic amines is 1. The molecule has 0 saturated carbocycles. The van der Waals surface area contributed by atoms with E-state index in [2.05, 4.69) is 16.0 Å². The summed E-state index contributed by atoms with van der Waals surface area (Å²) in [6, 6.07) is 0.0971. The van der Waals surface area contributed by atoms with Gasteiger partial charge in [0, 0.05) is 36.6 Å². The summed E-state index contributed by atoms with van der Waals surface area (Å²) in [5.74, 6) is -0.0809. The molecule has 2 aliphatic rings. The summed E-state index contributed by atoms with van der Waals surface area (Å²) in [5, 5.41) is 0.938. The summed E-state index contributed by atoms with van der Waals surface area (Å²) in [4.78, 5) is 20.3. The lowest BCUT2D eigenvalue weighted by atomic mass is 9.65. The molecular weight excluding hydrogens is 341 g/mol. The summed E-state index contributed by atoms with van der Waals surface area (Å²) in [5.41, 5.74) is 5.50. The van der Waals surface area contributed by atoms with Gasteiger partial charge in [-0.05, 0) is 49.6 Å². The van der Waals surface area contributed by atoms with E-state index in [4.69, 9.17) is 31.4 Å². The van der Waals surface area contributed by atoms with Crippen molar-refractivity contribution in [3.8, 4) is 0 Å². The fourth-order valence-corrected chi connectivity index (χ4v) is 4.78. The molecule has 0 bridgehead atoms. The van der Waals surface area contributed by atoms with Crippen molar-refractivity contribution in [2.75, 3.05) is 26.7 Å². The Labute approximate surface area is 171 Å². The van der Waals surface area contributed by atoms with Crippen molar-refractivity contribution in [2.24, 2.45) is 5.92 Å². The average molecular weight is 363 g/mol. The van der Waals surface area contributed by atoms with Gasteiger partial charge in [-0.3, -0.25) is 9.69 Å². The van der Waals surface area contributed by atoms with Crippen molar-refractivity contribution in [3.05, 3.63) is 17.2 Å². The quantitative estimate of drug-likeness (QED) is 0.647. The summed E-state index contributed by atoms with van der Waals surface area (Å²) < 4.78 is 0. The lowest BCUT2D eigenvalue weighted by Gasteiger charge is -2.41. The van der Waals surface area contributed by atoms with E-state index in [0.717, 1.165) is 34.0 Å². The van der Waals surface area contributed by atoms with Crippen molar-refractivity contribution in [1.29, 1.82) is 0 Å². The predicted octanol–water partition coefficient (Wildman–Crippen LogP) is -1.92. The largest absolute Gasteiger partial charge is 0.368 e. The molecule has 28 heavy (non-hydrogen) atoms. The number of benzene rings is 1. The van der Waals surface area contributed by atoms with Crippen LogP contribution in [0.1, 0.15) is 25.0 Å². The molecule has 1 aromatic carbocycles. The van der Waals surface area contributed by atoms with Crippen LogP contribution in [-0.4, -0.2) is 84.8 Å². The second-order valence-corrected chi connectivity index (χ2v) is 7.78. The standard InChI is InChI=1S/C20H21B4N3O/c1-4-27(5-2)20(28)9-6-10-12(26(3)8-9)7-11-14-13(10)15(21)16(22)17(23)18(14)25-19(11)24/h6,9,12,25H,4-5,7-8H2,1-3H3/t9-,12?/m1/s1. The summed E-state index contributed by atoms with van der Waals surface area (Å²) in [7, 11) is 27.2. The number of rotatable bonds is 3. The molecule has 0 spiro atoms. The third kappa shape index (κ3) is 2.64. The summed E-state index contributed by atoms with van der Waals surface area (Å²) in [6.07, 6.45) is 2.83. The monoisotopic (exact) mass is 363 g/mol. The van der Waals surface area contributed by atoms with Crippen molar-refractivity contribution >= 4 is 75.7 Å². The van der Waals surface area contributed by atoms with E-state index >= 15 is 0 Å². The molecular formula is C20H21B4N3O. The Morgan fingerprint density at radius 1 is 1.18 bits per heavy atom. The summed E-state index contributed by atoms with van der Waals surface area (Å²) in [6.45, 7) is 6.06. The molecule has 0 fully saturated rings. The van der Waals surface area contributed by atoms with Crippen LogP contribution < -0.4 is 22.0 Å². The molecule has 1 aliphatic heterocycles. The SMILES string of the molecule is [B]c1[nH]c2c([B])c([B])c([B])c3c2c1CC1C3=C[C@@H](C(=O)N(CC)CC)CN1C. The molecule has 4 rings (SSSR count). The number of carbonyl (C=O) groups is 1. The van der Waals surface area contributed by atoms with Crippen LogP contribution in [0.4, 0.5) is 0 Å². The van der Waals surface area contributed by atoms with Crippen LogP contribution in [0.2, 0.25) is 0 Å². The minimum Gasteiger partial charge on any atom is -0.368 e. The predicted molar refractivity (Wildman–Crippen MR) is 119 cm³/mol. The van der Waals surface area contributed by atoms with E-state index in [1.807, 2.05) is 25.8 Å². The van der Waals surface area contributed by atoms with Gasteiger partial charge in [0.15, 0.2) is 0 Å². The maximum absolute atomic E-state index is 13.0. The highest BCUT2D eigenvalue weighted by Gasteiger charge is 2.38. The van der Waals surface area contributed by atoms with Crippen LogP contribution in [0.5, 0.6) is 0 Å². The molecule has 2 heterocycles. The van der Waals surface area contributed by atoms with Crippen molar-refractivity contribution < 1.29 is 4.79 Å². The lowest BCUT2D eigenvalue weighted by Crippen LogP contribution is -2.50. The van der Waals surface area contributed by atoms with Gasteiger partial charge in [-0.15, -0.1) is 5.46 Å².